The maximum atomic E-state index is 13.1. The summed E-state index contributed by atoms with van der Waals surface area (Å²) in [6.45, 7) is 3.02. The summed E-state index contributed by atoms with van der Waals surface area (Å²) in [5.74, 6) is 3.29. The van der Waals surface area contributed by atoms with Crippen LogP contribution in [0.5, 0.6) is 0 Å². The van der Waals surface area contributed by atoms with Gasteiger partial charge in [0.2, 0.25) is 0 Å². The maximum absolute atomic E-state index is 13.1. The van der Waals surface area contributed by atoms with Crippen LogP contribution in [0.3, 0.4) is 0 Å². The molecule has 0 aromatic carbocycles. The Morgan fingerprint density at radius 1 is 1.20 bits per heavy atom. The summed E-state index contributed by atoms with van der Waals surface area (Å²) in [5.41, 5.74) is 0.0873. The van der Waals surface area contributed by atoms with Crippen LogP contribution in [0.1, 0.15) is 64.7 Å². The zero-order valence-corrected chi connectivity index (χ0v) is 13.6. The summed E-state index contributed by atoms with van der Waals surface area (Å²) in [6.07, 6.45) is 10.1. The molecular weight excluding hydrogens is 268 g/mol. The third kappa shape index (κ3) is 2.68. The second-order valence-corrected chi connectivity index (χ2v) is 8.26. The summed E-state index contributed by atoms with van der Waals surface area (Å²) in [4.78, 5) is 13.1. The van der Waals surface area contributed by atoms with Crippen molar-refractivity contribution in [3.05, 3.63) is 0 Å². The zero-order chi connectivity index (χ0) is 14.1. The Morgan fingerprint density at radius 2 is 1.90 bits per heavy atom. The molecule has 1 aliphatic carbocycles. The third-order valence-corrected chi connectivity index (χ3v) is 7.01. The molecule has 0 aromatic rings. The van der Waals surface area contributed by atoms with Gasteiger partial charge in [-0.1, -0.05) is 19.8 Å². The highest BCUT2D eigenvalue weighted by molar-refractivity contribution is 7.99. The van der Waals surface area contributed by atoms with Crippen molar-refractivity contribution in [3.8, 4) is 0 Å². The number of hydrogen-bond donors (Lipinski definition) is 0. The van der Waals surface area contributed by atoms with Crippen LogP contribution < -0.4 is 0 Å². The molecule has 114 valence electrons. The van der Waals surface area contributed by atoms with Crippen molar-refractivity contribution in [1.29, 1.82) is 0 Å². The number of Topliss-reactive ketones (excluding diaryl/α,β-unsaturated/α-hetero) is 1. The number of ketones is 1. The first-order valence-electron chi connectivity index (χ1n) is 8.46. The lowest BCUT2D eigenvalue weighted by Crippen LogP contribution is -2.47. The number of thioether (sulfide) groups is 1. The highest BCUT2D eigenvalue weighted by atomic mass is 32.2. The lowest BCUT2D eigenvalue weighted by Gasteiger charge is -2.44. The fourth-order valence-electron chi connectivity index (χ4n) is 4.60. The van der Waals surface area contributed by atoms with Gasteiger partial charge in [-0.25, -0.2) is 0 Å². The summed E-state index contributed by atoms with van der Waals surface area (Å²) >= 11 is 2.04. The van der Waals surface area contributed by atoms with Crippen molar-refractivity contribution >= 4 is 17.5 Å². The van der Waals surface area contributed by atoms with Crippen LogP contribution in [0, 0.1) is 11.3 Å². The predicted molar refractivity (Wildman–Crippen MR) is 84.2 cm³/mol. The van der Waals surface area contributed by atoms with E-state index in [9.17, 15) is 4.79 Å². The van der Waals surface area contributed by atoms with E-state index < -0.39 is 0 Å². The van der Waals surface area contributed by atoms with Gasteiger partial charge in [0.25, 0.3) is 0 Å². The lowest BCUT2D eigenvalue weighted by molar-refractivity contribution is -0.147. The highest BCUT2D eigenvalue weighted by Crippen LogP contribution is 2.47. The predicted octanol–water partition coefficient (Wildman–Crippen LogP) is 4.22. The van der Waals surface area contributed by atoms with Gasteiger partial charge in [-0.2, -0.15) is 11.8 Å². The van der Waals surface area contributed by atoms with Crippen molar-refractivity contribution < 1.29 is 9.53 Å². The lowest BCUT2D eigenvalue weighted by atomic mass is 9.69. The molecule has 3 heteroatoms. The van der Waals surface area contributed by atoms with Crippen LogP contribution in [0.4, 0.5) is 0 Å². The van der Waals surface area contributed by atoms with Crippen LogP contribution in [0.25, 0.3) is 0 Å². The monoisotopic (exact) mass is 296 g/mol. The standard InChI is InChI=1S/C17H28O2S/c1-2-16(6-3-4-7-16)15(18)14-5-10-19-17(13-14)8-11-20-12-9-17/h14H,2-13H2,1H3. The maximum Gasteiger partial charge on any atom is 0.142 e. The smallest absolute Gasteiger partial charge is 0.142 e. The number of rotatable bonds is 3. The van der Waals surface area contributed by atoms with Crippen LogP contribution in [0.15, 0.2) is 0 Å². The Kier molecular flexibility index (Phi) is 4.47. The normalized spacial score (nSPS) is 32.4. The molecule has 1 spiro atoms. The SMILES string of the molecule is CCC1(C(=O)C2CCOC3(CCSCC3)C2)CCCC1. The van der Waals surface area contributed by atoms with Gasteiger partial charge in [-0.15, -0.1) is 0 Å². The van der Waals surface area contributed by atoms with E-state index in [1.807, 2.05) is 11.8 Å². The van der Waals surface area contributed by atoms with Crippen molar-refractivity contribution in [3.63, 3.8) is 0 Å². The van der Waals surface area contributed by atoms with E-state index in [1.54, 1.807) is 0 Å². The van der Waals surface area contributed by atoms with Crippen LogP contribution in [-0.4, -0.2) is 29.5 Å². The average molecular weight is 296 g/mol. The van der Waals surface area contributed by atoms with Crippen LogP contribution in [-0.2, 0) is 9.53 Å². The summed E-state index contributed by atoms with van der Waals surface area (Å²) in [7, 11) is 0. The van der Waals surface area contributed by atoms with Crippen molar-refractivity contribution in [2.75, 3.05) is 18.1 Å². The van der Waals surface area contributed by atoms with Gasteiger partial charge >= 0.3 is 0 Å². The molecule has 3 rings (SSSR count). The molecule has 0 aromatic heterocycles. The Labute approximate surface area is 127 Å². The molecule has 3 fully saturated rings. The van der Waals surface area contributed by atoms with Crippen molar-refractivity contribution in [2.24, 2.45) is 11.3 Å². The third-order valence-electron chi connectivity index (χ3n) is 6.03. The Hall–Kier alpha value is -0.0200. The summed E-state index contributed by atoms with van der Waals surface area (Å²) in [5, 5.41) is 0. The van der Waals surface area contributed by atoms with Gasteiger partial charge in [0, 0.05) is 17.9 Å². The summed E-state index contributed by atoms with van der Waals surface area (Å²) < 4.78 is 6.15. The van der Waals surface area contributed by atoms with Gasteiger partial charge in [-0.3, -0.25) is 4.79 Å². The molecule has 2 heterocycles. The van der Waals surface area contributed by atoms with Crippen molar-refractivity contribution in [2.45, 2.75) is 70.3 Å². The first kappa shape index (κ1) is 14.9. The van der Waals surface area contributed by atoms with E-state index in [1.165, 1.54) is 24.3 Å². The number of ether oxygens (including phenoxy) is 1. The number of hydrogen-bond acceptors (Lipinski definition) is 3. The second-order valence-electron chi connectivity index (χ2n) is 7.04. The van der Waals surface area contributed by atoms with E-state index in [0.29, 0.717) is 5.78 Å². The average Bonchev–Trinajstić information content (AvgIpc) is 2.97. The molecule has 2 aliphatic heterocycles. The molecule has 3 aliphatic rings. The first-order chi connectivity index (χ1) is 9.70. The Balaban J connectivity index is 1.71. The number of carbonyl (C=O) groups is 1. The van der Waals surface area contributed by atoms with Crippen molar-refractivity contribution in [1.82, 2.24) is 0 Å². The molecule has 0 amide bonds. The minimum atomic E-state index is 0.0343. The number of carbonyl (C=O) groups excluding carboxylic acids is 1. The van der Waals surface area contributed by atoms with Gasteiger partial charge in [0.15, 0.2) is 0 Å². The largest absolute Gasteiger partial charge is 0.375 e. The minimum absolute atomic E-state index is 0.0343. The highest BCUT2D eigenvalue weighted by Gasteiger charge is 2.47. The summed E-state index contributed by atoms with van der Waals surface area (Å²) in [6, 6.07) is 0. The molecule has 20 heavy (non-hydrogen) atoms. The molecule has 0 radical (unpaired) electrons. The van der Waals surface area contributed by atoms with Crippen LogP contribution in [0.2, 0.25) is 0 Å². The molecular formula is C17H28O2S. The van der Waals surface area contributed by atoms with E-state index in [-0.39, 0.29) is 16.9 Å². The fourth-order valence-corrected chi connectivity index (χ4v) is 5.84. The van der Waals surface area contributed by atoms with Gasteiger partial charge in [0.05, 0.1) is 5.60 Å². The molecule has 1 saturated carbocycles. The van der Waals surface area contributed by atoms with Crippen LogP contribution >= 0.6 is 11.8 Å². The van der Waals surface area contributed by atoms with E-state index in [0.717, 1.165) is 51.6 Å². The van der Waals surface area contributed by atoms with Gasteiger partial charge in [-0.05, 0) is 56.5 Å². The van der Waals surface area contributed by atoms with Gasteiger partial charge in [0.1, 0.15) is 5.78 Å². The zero-order valence-electron chi connectivity index (χ0n) is 12.8. The Morgan fingerprint density at radius 3 is 2.55 bits per heavy atom. The minimum Gasteiger partial charge on any atom is -0.375 e. The fraction of sp³-hybridized carbons (Fsp3) is 0.941. The second kappa shape index (κ2) is 6.00. The molecule has 0 N–H and O–H groups in total. The molecule has 2 saturated heterocycles. The molecule has 2 nitrogen and oxygen atoms in total. The van der Waals surface area contributed by atoms with E-state index in [2.05, 4.69) is 6.92 Å². The van der Waals surface area contributed by atoms with Gasteiger partial charge < -0.3 is 4.74 Å². The molecule has 1 atom stereocenters. The molecule has 0 bridgehead atoms. The van der Waals surface area contributed by atoms with E-state index >= 15 is 0 Å². The Bertz CT molecular complexity index is 348. The topological polar surface area (TPSA) is 26.3 Å². The first-order valence-corrected chi connectivity index (χ1v) is 9.61. The quantitative estimate of drug-likeness (QED) is 0.780. The van der Waals surface area contributed by atoms with E-state index in [4.69, 9.17) is 4.74 Å². The molecule has 1 unspecified atom stereocenters.